The van der Waals surface area contributed by atoms with Gasteiger partial charge >= 0.3 is 0 Å². The fourth-order valence-corrected chi connectivity index (χ4v) is 9.06. The molecule has 0 radical (unpaired) electrons. The van der Waals surface area contributed by atoms with Gasteiger partial charge in [0.2, 0.25) is 0 Å². The molecule has 5 heteroatoms. The topological polar surface area (TPSA) is 62.2 Å². The zero-order valence-corrected chi connectivity index (χ0v) is 22.7. The van der Waals surface area contributed by atoms with E-state index in [1.54, 1.807) is 6.07 Å². The molecule has 0 unspecified atom stereocenters. The van der Waals surface area contributed by atoms with Gasteiger partial charge in [-0.15, -0.1) is 0 Å². The van der Waals surface area contributed by atoms with E-state index in [1.165, 1.54) is 45.5 Å². The van der Waals surface area contributed by atoms with Gasteiger partial charge in [0.1, 0.15) is 6.10 Å². The predicted molar refractivity (Wildman–Crippen MR) is 155 cm³/mol. The molecule has 5 nitrogen and oxygen atoms in total. The Kier molecular flexibility index (Phi) is 4.84. The smallest absolute Gasteiger partial charge is 0.165 e. The number of piperidine rings is 1. The Morgan fingerprint density at radius 1 is 0.925 bits per heavy atom. The van der Waals surface area contributed by atoms with Crippen LogP contribution in [0.2, 0.25) is 0 Å². The van der Waals surface area contributed by atoms with Crippen molar-refractivity contribution in [2.45, 2.75) is 74.4 Å². The van der Waals surface area contributed by atoms with Crippen molar-refractivity contribution >= 4 is 21.5 Å². The summed E-state index contributed by atoms with van der Waals surface area (Å²) in [5, 5.41) is 28.5. The van der Waals surface area contributed by atoms with Gasteiger partial charge in [0.05, 0.1) is 23.7 Å². The van der Waals surface area contributed by atoms with Crippen molar-refractivity contribution in [3.8, 4) is 11.5 Å². The van der Waals surface area contributed by atoms with Gasteiger partial charge in [-0.05, 0) is 95.8 Å². The number of phenolic OH excluding ortho intramolecular Hbond substituents is 1. The van der Waals surface area contributed by atoms with Crippen molar-refractivity contribution in [3.05, 3.63) is 83.4 Å². The molecule has 3 fully saturated rings. The summed E-state index contributed by atoms with van der Waals surface area (Å²) >= 11 is 0. The summed E-state index contributed by atoms with van der Waals surface area (Å²) in [6.07, 6.45) is 5.21. The molecular formula is C35H35NO4. The summed E-state index contributed by atoms with van der Waals surface area (Å²) in [6, 6.07) is 23.3. The van der Waals surface area contributed by atoms with Crippen LogP contribution in [0.25, 0.3) is 21.5 Å². The quantitative estimate of drug-likeness (QED) is 0.315. The lowest BCUT2D eigenvalue weighted by Gasteiger charge is -2.64. The van der Waals surface area contributed by atoms with E-state index >= 15 is 0 Å². The molecule has 40 heavy (non-hydrogen) atoms. The van der Waals surface area contributed by atoms with Crippen LogP contribution in [-0.4, -0.2) is 52.1 Å². The maximum absolute atomic E-state index is 12.7. The van der Waals surface area contributed by atoms with E-state index in [4.69, 9.17) is 9.47 Å². The van der Waals surface area contributed by atoms with Gasteiger partial charge < -0.3 is 19.7 Å². The number of benzene rings is 4. The molecule has 9 rings (SSSR count). The SMILES string of the molecule is Oc1ccc2c3c1O[C@H]1[C@H](OCc4c5ccccc5cc5ccccc45)CC[C@@]4(O)[C@@H](C2)N(CC2CC2)CC[C@]314. The molecule has 2 aliphatic heterocycles. The van der Waals surface area contributed by atoms with E-state index < -0.39 is 11.0 Å². The van der Waals surface area contributed by atoms with Crippen molar-refractivity contribution < 1.29 is 19.7 Å². The molecule has 4 aromatic carbocycles. The number of fused-ring (bicyclic) bond motifs is 2. The predicted octanol–water partition coefficient (Wildman–Crippen LogP) is 5.85. The van der Waals surface area contributed by atoms with Crippen LogP contribution in [0.15, 0.2) is 66.7 Å². The van der Waals surface area contributed by atoms with Gasteiger partial charge in [-0.25, -0.2) is 0 Å². The molecule has 2 bridgehead atoms. The second-order valence-corrected chi connectivity index (χ2v) is 13.0. The van der Waals surface area contributed by atoms with Crippen molar-refractivity contribution in [2.75, 3.05) is 13.1 Å². The number of aliphatic hydroxyl groups is 1. The van der Waals surface area contributed by atoms with Crippen LogP contribution < -0.4 is 4.74 Å². The second kappa shape index (κ2) is 8.22. The first kappa shape index (κ1) is 23.6. The Morgan fingerprint density at radius 2 is 1.68 bits per heavy atom. The number of likely N-dealkylation sites (tertiary alicyclic amines) is 1. The molecule has 5 atom stereocenters. The van der Waals surface area contributed by atoms with Crippen molar-refractivity contribution in [1.29, 1.82) is 0 Å². The first-order chi connectivity index (χ1) is 19.6. The summed E-state index contributed by atoms with van der Waals surface area (Å²) in [5.74, 6) is 1.55. The second-order valence-electron chi connectivity index (χ2n) is 13.0. The Morgan fingerprint density at radius 3 is 2.42 bits per heavy atom. The summed E-state index contributed by atoms with van der Waals surface area (Å²) in [6.45, 7) is 2.52. The molecule has 1 spiro atoms. The Hall–Kier alpha value is -3.12. The normalized spacial score (nSPS) is 32.3. The van der Waals surface area contributed by atoms with Crippen LogP contribution in [0.1, 0.15) is 48.8 Å². The Labute approximate surface area is 234 Å². The molecule has 0 amide bonds. The highest BCUT2D eigenvalue weighted by molar-refractivity contribution is 6.02. The maximum atomic E-state index is 12.7. The highest BCUT2D eigenvalue weighted by Gasteiger charge is 2.73. The standard InChI is InChI=1S/C35H35NO4/c37-28-12-11-24-18-30-35(38)14-13-29(33-34(35,31(24)32(28)40-33)15-16-36(30)19-21-9-10-21)39-20-27-25-7-3-1-5-22(25)17-23-6-2-4-8-26(23)27/h1-8,11-12,17,21,29-30,33,37-38H,9-10,13-16,18-20H2/t29-,30-,33+,34+,35-/m1/s1. The third-order valence-corrected chi connectivity index (χ3v) is 11.0. The number of aromatic hydroxyl groups is 1. The van der Waals surface area contributed by atoms with Crippen molar-refractivity contribution in [2.24, 2.45) is 5.92 Å². The lowest BCUT2D eigenvalue weighted by atomic mass is 9.48. The molecule has 2 N–H and O–H groups in total. The van der Waals surface area contributed by atoms with Crippen LogP contribution in [0.3, 0.4) is 0 Å². The van der Waals surface area contributed by atoms with Gasteiger partial charge in [0, 0.05) is 18.2 Å². The minimum Gasteiger partial charge on any atom is -0.504 e. The molecule has 2 heterocycles. The van der Waals surface area contributed by atoms with Crippen molar-refractivity contribution in [3.63, 3.8) is 0 Å². The molecule has 2 saturated carbocycles. The summed E-state index contributed by atoms with van der Waals surface area (Å²) in [7, 11) is 0. The average molecular weight is 534 g/mol. The lowest BCUT2D eigenvalue weighted by molar-refractivity contribution is -0.216. The van der Waals surface area contributed by atoms with Crippen LogP contribution in [0, 0.1) is 5.92 Å². The van der Waals surface area contributed by atoms with Crippen LogP contribution in [0.4, 0.5) is 0 Å². The summed E-state index contributed by atoms with van der Waals surface area (Å²) in [4.78, 5) is 2.58. The Bertz CT molecular complexity index is 1630. The van der Waals surface area contributed by atoms with Gasteiger partial charge in [-0.2, -0.15) is 0 Å². The van der Waals surface area contributed by atoms with Crippen LogP contribution in [-0.2, 0) is 23.2 Å². The third kappa shape index (κ3) is 3.03. The average Bonchev–Trinajstić information content (AvgIpc) is 3.71. The number of phenols is 1. The molecule has 3 aliphatic carbocycles. The molecule has 1 saturated heterocycles. The van der Waals surface area contributed by atoms with Gasteiger partial charge in [0.15, 0.2) is 11.5 Å². The lowest BCUT2D eigenvalue weighted by Crippen LogP contribution is -2.77. The van der Waals surface area contributed by atoms with E-state index in [1.807, 2.05) is 0 Å². The monoisotopic (exact) mass is 533 g/mol. The first-order valence-electron chi connectivity index (χ1n) is 15.1. The van der Waals surface area contributed by atoms with Crippen LogP contribution in [0.5, 0.6) is 11.5 Å². The minimum atomic E-state index is -0.886. The number of rotatable bonds is 5. The summed E-state index contributed by atoms with van der Waals surface area (Å²) < 4.78 is 13.6. The van der Waals surface area contributed by atoms with Gasteiger partial charge in [-0.1, -0.05) is 54.6 Å². The number of ether oxygens (including phenoxy) is 2. The van der Waals surface area contributed by atoms with E-state index in [2.05, 4.69) is 65.6 Å². The maximum Gasteiger partial charge on any atom is 0.165 e. The molecular weight excluding hydrogens is 498 g/mol. The minimum absolute atomic E-state index is 0.0823. The molecule has 0 aromatic heterocycles. The fourth-order valence-electron chi connectivity index (χ4n) is 9.06. The number of hydrogen-bond acceptors (Lipinski definition) is 5. The van der Waals surface area contributed by atoms with Gasteiger partial charge in [-0.3, -0.25) is 4.90 Å². The molecule has 4 aromatic rings. The van der Waals surface area contributed by atoms with E-state index in [9.17, 15) is 10.2 Å². The highest BCUT2D eigenvalue weighted by atomic mass is 16.6. The zero-order valence-electron chi connectivity index (χ0n) is 22.7. The first-order valence-corrected chi connectivity index (χ1v) is 15.1. The molecule has 204 valence electrons. The van der Waals surface area contributed by atoms with E-state index in [-0.39, 0.29) is 24.0 Å². The Balaban J connectivity index is 1.12. The van der Waals surface area contributed by atoms with Crippen molar-refractivity contribution in [1.82, 2.24) is 4.90 Å². The molecule has 5 aliphatic rings. The third-order valence-electron chi connectivity index (χ3n) is 11.0. The van der Waals surface area contributed by atoms with E-state index in [0.717, 1.165) is 43.8 Å². The zero-order chi connectivity index (χ0) is 26.6. The summed E-state index contributed by atoms with van der Waals surface area (Å²) in [5.41, 5.74) is 2.05. The fraction of sp³-hybridized carbons (Fsp3) is 0.429. The highest BCUT2D eigenvalue weighted by Crippen LogP contribution is 2.66. The number of hydrogen-bond donors (Lipinski definition) is 2. The van der Waals surface area contributed by atoms with Crippen LogP contribution >= 0.6 is 0 Å². The number of nitrogens with zero attached hydrogens (tertiary/aromatic N) is 1. The van der Waals surface area contributed by atoms with E-state index in [0.29, 0.717) is 18.8 Å². The largest absolute Gasteiger partial charge is 0.504 e. The van der Waals surface area contributed by atoms with Gasteiger partial charge in [0.25, 0.3) is 0 Å².